The minimum atomic E-state index is -3.58. The standard InChI is InChI=1S/C23H30ClN3O3S/c1-18(2)27(16-19-6-4-3-5-7-19)23(28)17-26-14-12-21(13-15-26)25-31(29,30)22-10-8-20(24)9-11-22/h3-11,18,21,25H,12-17H2,1-2H3. The largest absolute Gasteiger partial charge is 0.335 e. The summed E-state index contributed by atoms with van der Waals surface area (Å²) >= 11 is 5.85. The molecule has 2 aromatic rings. The molecule has 1 fully saturated rings. The summed E-state index contributed by atoms with van der Waals surface area (Å²) in [7, 11) is -3.58. The van der Waals surface area contributed by atoms with E-state index in [0.717, 1.165) is 5.56 Å². The van der Waals surface area contributed by atoms with E-state index in [0.29, 0.717) is 44.0 Å². The topological polar surface area (TPSA) is 69.7 Å². The van der Waals surface area contributed by atoms with Gasteiger partial charge in [0, 0.05) is 36.7 Å². The van der Waals surface area contributed by atoms with Crippen molar-refractivity contribution >= 4 is 27.5 Å². The molecule has 8 heteroatoms. The van der Waals surface area contributed by atoms with Crippen LogP contribution in [0.15, 0.2) is 59.5 Å². The van der Waals surface area contributed by atoms with E-state index in [2.05, 4.69) is 9.62 Å². The van der Waals surface area contributed by atoms with Gasteiger partial charge in [-0.15, -0.1) is 0 Å². The summed E-state index contributed by atoms with van der Waals surface area (Å²) in [5.74, 6) is 0.0963. The Morgan fingerprint density at radius 3 is 2.29 bits per heavy atom. The number of benzene rings is 2. The van der Waals surface area contributed by atoms with Crippen LogP contribution in [0.2, 0.25) is 5.02 Å². The zero-order valence-electron chi connectivity index (χ0n) is 18.0. The average molecular weight is 464 g/mol. The highest BCUT2D eigenvalue weighted by molar-refractivity contribution is 7.89. The monoisotopic (exact) mass is 463 g/mol. The summed E-state index contributed by atoms with van der Waals surface area (Å²) in [6.07, 6.45) is 1.33. The Hall–Kier alpha value is -1.93. The van der Waals surface area contributed by atoms with Gasteiger partial charge in [-0.1, -0.05) is 41.9 Å². The lowest BCUT2D eigenvalue weighted by Gasteiger charge is -2.34. The number of carbonyl (C=O) groups is 1. The van der Waals surface area contributed by atoms with Gasteiger partial charge in [0.1, 0.15) is 0 Å². The van der Waals surface area contributed by atoms with Crippen molar-refractivity contribution < 1.29 is 13.2 Å². The lowest BCUT2D eigenvalue weighted by atomic mass is 10.1. The molecule has 1 saturated heterocycles. The fourth-order valence-electron chi connectivity index (χ4n) is 3.73. The van der Waals surface area contributed by atoms with Crippen LogP contribution >= 0.6 is 11.6 Å². The van der Waals surface area contributed by atoms with E-state index in [9.17, 15) is 13.2 Å². The number of hydrogen-bond acceptors (Lipinski definition) is 4. The van der Waals surface area contributed by atoms with E-state index in [1.54, 1.807) is 12.1 Å². The van der Waals surface area contributed by atoms with Crippen molar-refractivity contribution in [1.82, 2.24) is 14.5 Å². The number of piperidine rings is 1. The summed E-state index contributed by atoms with van der Waals surface area (Å²) in [5, 5.41) is 0.500. The van der Waals surface area contributed by atoms with Gasteiger partial charge in [0.2, 0.25) is 15.9 Å². The van der Waals surface area contributed by atoms with Crippen LogP contribution in [-0.4, -0.2) is 55.8 Å². The second-order valence-electron chi connectivity index (χ2n) is 8.23. The maximum atomic E-state index is 12.9. The Morgan fingerprint density at radius 1 is 1.10 bits per heavy atom. The summed E-state index contributed by atoms with van der Waals surface area (Å²) in [5.41, 5.74) is 1.11. The van der Waals surface area contributed by atoms with Crippen molar-refractivity contribution in [2.45, 2.75) is 50.2 Å². The molecule has 2 aromatic carbocycles. The molecule has 0 radical (unpaired) electrons. The molecular formula is C23H30ClN3O3S. The Bertz CT molecular complexity index is 957. The first-order chi connectivity index (χ1) is 14.7. The van der Waals surface area contributed by atoms with Crippen LogP contribution in [0.1, 0.15) is 32.3 Å². The molecule has 1 aliphatic rings. The third-order valence-electron chi connectivity index (χ3n) is 5.53. The lowest BCUT2D eigenvalue weighted by molar-refractivity contribution is -0.135. The van der Waals surface area contributed by atoms with Crippen LogP contribution in [0.5, 0.6) is 0 Å². The first kappa shape index (κ1) is 23.7. The van der Waals surface area contributed by atoms with Crippen LogP contribution in [0.3, 0.4) is 0 Å². The molecule has 1 aliphatic heterocycles. The quantitative estimate of drug-likeness (QED) is 0.650. The number of carbonyl (C=O) groups excluding carboxylic acids is 1. The first-order valence-corrected chi connectivity index (χ1v) is 12.4. The summed E-state index contributed by atoms with van der Waals surface area (Å²) < 4.78 is 27.9. The predicted octanol–water partition coefficient (Wildman–Crippen LogP) is 3.52. The normalized spacial score (nSPS) is 15.9. The van der Waals surface area contributed by atoms with E-state index < -0.39 is 10.0 Å². The van der Waals surface area contributed by atoms with Gasteiger partial charge in [-0.05, 0) is 56.5 Å². The minimum Gasteiger partial charge on any atom is -0.335 e. The van der Waals surface area contributed by atoms with Crippen LogP contribution < -0.4 is 4.72 Å². The fraction of sp³-hybridized carbons (Fsp3) is 0.435. The molecule has 168 valence electrons. The van der Waals surface area contributed by atoms with Crippen LogP contribution in [0.25, 0.3) is 0 Å². The molecule has 0 aliphatic carbocycles. The van der Waals surface area contributed by atoms with Crippen molar-refractivity contribution in [2.24, 2.45) is 0 Å². The highest BCUT2D eigenvalue weighted by Crippen LogP contribution is 2.18. The van der Waals surface area contributed by atoms with Crippen molar-refractivity contribution in [3.05, 3.63) is 65.2 Å². The summed E-state index contributed by atoms with van der Waals surface area (Å²) in [6, 6.07) is 16.1. The van der Waals surface area contributed by atoms with Crippen molar-refractivity contribution in [3.63, 3.8) is 0 Å². The van der Waals surface area contributed by atoms with Gasteiger partial charge in [0.15, 0.2) is 0 Å². The van der Waals surface area contributed by atoms with Gasteiger partial charge in [-0.3, -0.25) is 9.69 Å². The lowest BCUT2D eigenvalue weighted by Crippen LogP contribution is -2.48. The summed E-state index contributed by atoms with van der Waals surface area (Å²) in [6.45, 7) is 6.35. The van der Waals surface area contributed by atoms with E-state index in [1.807, 2.05) is 49.1 Å². The number of nitrogens with zero attached hydrogens (tertiary/aromatic N) is 2. The van der Waals surface area contributed by atoms with Gasteiger partial charge >= 0.3 is 0 Å². The molecule has 1 heterocycles. The van der Waals surface area contributed by atoms with E-state index in [-0.39, 0.29) is 22.9 Å². The highest BCUT2D eigenvalue weighted by atomic mass is 35.5. The van der Waals surface area contributed by atoms with Gasteiger partial charge in [-0.25, -0.2) is 13.1 Å². The first-order valence-electron chi connectivity index (χ1n) is 10.6. The number of nitrogens with one attached hydrogen (secondary N) is 1. The smallest absolute Gasteiger partial charge is 0.240 e. The molecule has 3 rings (SSSR count). The Morgan fingerprint density at radius 2 is 1.71 bits per heavy atom. The predicted molar refractivity (Wildman–Crippen MR) is 123 cm³/mol. The average Bonchev–Trinajstić information content (AvgIpc) is 2.74. The zero-order chi connectivity index (χ0) is 22.4. The third-order valence-corrected chi connectivity index (χ3v) is 7.32. The molecule has 31 heavy (non-hydrogen) atoms. The number of hydrogen-bond donors (Lipinski definition) is 1. The third kappa shape index (κ3) is 6.77. The molecule has 0 bridgehead atoms. The number of likely N-dealkylation sites (tertiary alicyclic amines) is 1. The molecule has 6 nitrogen and oxygen atoms in total. The van der Waals surface area contributed by atoms with Gasteiger partial charge in [0.05, 0.1) is 11.4 Å². The second kappa shape index (κ2) is 10.6. The summed E-state index contributed by atoms with van der Waals surface area (Å²) in [4.78, 5) is 17.2. The SMILES string of the molecule is CC(C)N(Cc1ccccc1)C(=O)CN1CCC(NS(=O)(=O)c2ccc(Cl)cc2)CC1. The maximum Gasteiger partial charge on any atom is 0.240 e. The maximum absolute atomic E-state index is 12.9. The van der Waals surface area contributed by atoms with E-state index >= 15 is 0 Å². The van der Waals surface area contributed by atoms with Gasteiger partial charge < -0.3 is 4.90 Å². The molecule has 0 aromatic heterocycles. The van der Waals surface area contributed by atoms with Crippen molar-refractivity contribution in [3.8, 4) is 0 Å². The Kier molecular flexibility index (Phi) is 8.11. The highest BCUT2D eigenvalue weighted by Gasteiger charge is 2.27. The van der Waals surface area contributed by atoms with Gasteiger partial charge in [0.25, 0.3) is 0 Å². The zero-order valence-corrected chi connectivity index (χ0v) is 19.6. The molecule has 0 atom stereocenters. The second-order valence-corrected chi connectivity index (χ2v) is 10.4. The molecule has 1 N–H and O–H groups in total. The minimum absolute atomic E-state index is 0.0963. The van der Waals surface area contributed by atoms with Gasteiger partial charge in [-0.2, -0.15) is 0 Å². The molecule has 0 spiro atoms. The molecule has 1 amide bonds. The van der Waals surface area contributed by atoms with Crippen LogP contribution in [0.4, 0.5) is 0 Å². The number of rotatable bonds is 8. The number of amides is 1. The fourth-order valence-corrected chi connectivity index (χ4v) is 5.16. The molecule has 0 saturated carbocycles. The van der Waals surface area contributed by atoms with Crippen molar-refractivity contribution in [2.75, 3.05) is 19.6 Å². The van der Waals surface area contributed by atoms with E-state index in [4.69, 9.17) is 11.6 Å². The van der Waals surface area contributed by atoms with Crippen molar-refractivity contribution in [1.29, 1.82) is 0 Å². The Labute approximate surface area is 190 Å². The molecular weight excluding hydrogens is 434 g/mol. The number of sulfonamides is 1. The Balaban J connectivity index is 1.51. The van der Waals surface area contributed by atoms with Crippen LogP contribution in [0, 0.1) is 0 Å². The van der Waals surface area contributed by atoms with Crippen LogP contribution in [-0.2, 0) is 21.4 Å². The van der Waals surface area contributed by atoms with E-state index in [1.165, 1.54) is 12.1 Å². The number of halogens is 1. The molecule has 0 unspecified atom stereocenters.